The number of likely N-dealkylation sites (tertiary alicyclic amines) is 2. The second kappa shape index (κ2) is 7.16. The maximum absolute atomic E-state index is 12.2. The highest BCUT2D eigenvalue weighted by atomic mass is 16.5. The van der Waals surface area contributed by atoms with Crippen molar-refractivity contribution >= 4 is 5.97 Å². The molecule has 1 aromatic rings. The van der Waals surface area contributed by atoms with Crippen LogP contribution in [0.2, 0.25) is 0 Å². The smallest absolute Gasteiger partial charge is 0.312 e. The molecule has 26 heavy (non-hydrogen) atoms. The summed E-state index contributed by atoms with van der Waals surface area (Å²) in [6.07, 6.45) is 6.91. The van der Waals surface area contributed by atoms with Gasteiger partial charge < -0.3 is 9.84 Å². The summed E-state index contributed by atoms with van der Waals surface area (Å²) >= 11 is 0. The summed E-state index contributed by atoms with van der Waals surface area (Å²) < 4.78 is 5.39. The van der Waals surface area contributed by atoms with Crippen LogP contribution in [0.1, 0.15) is 38.2 Å². The molecule has 4 rings (SSSR count). The average molecular weight is 359 g/mol. The Morgan fingerprint density at radius 2 is 2.12 bits per heavy atom. The van der Waals surface area contributed by atoms with Crippen LogP contribution in [0.4, 0.5) is 0 Å². The predicted molar refractivity (Wildman–Crippen MR) is 98.1 cm³/mol. The van der Waals surface area contributed by atoms with Crippen molar-refractivity contribution in [1.82, 2.24) is 14.8 Å². The Balaban J connectivity index is 1.42. The predicted octanol–water partition coefficient (Wildman–Crippen LogP) is 2.24. The molecule has 1 N–H and O–H groups in total. The largest absolute Gasteiger partial charge is 0.481 e. The van der Waals surface area contributed by atoms with E-state index in [0.29, 0.717) is 25.1 Å². The lowest BCUT2D eigenvalue weighted by Crippen LogP contribution is -2.42. The molecule has 3 aliphatic rings. The van der Waals surface area contributed by atoms with E-state index in [-0.39, 0.29) is 5.92 Å². The van der Waals surface area contributed by atoms with Gasteiger partial charge in [0.2, 0.25) is 5.88 Å². The zero-order valence-corrected chi connectivity index (χ0v) is 15.6. The molecule has 2 aliphatic heterocycles. The van der Waals surface area contributed by atoms with E-state index >= 15 is 0 Å². The van der Waals surface area contributed by atoms with E-state index in [2.05, 4.69) is 14.8 Å². The molecule has 3 heterocycles. The van der Waals surface area contributed by atoms with Crippen molar-refractivity contribution in [3.05, 3.63) is 23.9 Å². The van der Waals surface area contributed by atoms with E-state index < -0.39 is 11.4 Å². The first kappa shape index (κ1) is 17.7. The van der Waals surface area contributed by atoms with Crippen molar-refractivity contribution in [1.29, 1.82) is 0 Å². The van der Waals surface area contributed by atoms with Crippen LogP contribution in [0.3, 0.4) is 0 Å². The third-order valence-electron chi connectivity index (χ3n) is 6.47. The molecule has 0 spiro atoms. The molecule has 142 valence electrons. The Morgan fingerprint density at radius 3 is 2.73 bits per heavy atom. The minimum absolute atomic E-state index is 0.233. The first-order valence-corrected chi connectivity index (χ1v) is 9.88. The van der Waals surface area contributed by atoms with Crippen molar-refractivity contribution in [3.8, 4) is 5.88 Å². The van der Waals surface area contributed by atoms with Crippen LogP contribution >= 0.6 is 0 Å². The third-order valence-corrected chi connectivity index (χ3v) is 6.47. The molecule has 1 saturated carbocycles. The average Bonchev–Trinajstić information content (AvgIpc) is 3.31. The SMILES string of the molecule is CCOc1ccc(CN2C[C@@H]3CN(C4CCCC4)C[C@]3(C(=O)O)C2)cn1. The van der Waals surface area contributed by atoms with Crippen molar-refractivity contribution in [3.63, 3.8) is 0 Å². The third kappa shape index (κ3) is 3.21. The zero-order valence-electron chi connectivity index (χ0n) is 15.6. The fourth-order valence-corrected chi connectivity index (χ4v) is 5.17. The van der Waals surface area contributed by atoms with Gasteiger partial charge in [-0.1, -0.05) is 18.9 Å². The van der Waals surface area contributed by atoms with Crippen molar-refractivity contribution < 1.29 is 14.6 Å². The number of rotatable bonds is 6. The van der Waals surface area contributed by atoms with Crippen LogP contribution in [0, 0.1) is 11.3 Å². The number of ether oxygens (including phenoxy) is 1. The maximum atomic E-state index is 12.2. The van der Waals surface area contributed by atoms with Gasteiger partial charge >= 0.3 is 5.97 Å². The molecule has 0 radical (unpaired) electrons. The molecule has 2 atom stereocenters. The molecule has 2 saturated heterocycles. The van der Waals surface area contributed by atoms with Gasteiger partial charge in [-0.15, -0.1) is 0 Å². The van der Waals surface area contributed by atoms with Gasteiger partial charge in [-0.3, -0.25) is 14.6 Å². The van der Waals surface area contributed by atoms with Crippen molar-refractivity contribution in [2.45, 2.75) is 45.2 Å². The summed E-state index contributed by atoms with van der Waals surface area (Å²) in [7, 11) is 0. The number of aromatic nitrogens is 1. The number of hydrogen-bond donors (Lipinski definition) is 1. The molecule has 6 nitrogen and oxygen atoms in total. The molecule has 0 bridgehead atoms. The van der Waals surface area contributed by atoms with E-state index in [1.807, 2.05) is 25.3 Å². The Hall–Kier alpha value is -1.66. The fraction of sp³-hybridized carbons (Fsp3) is 0.700. The Labute approximate surface area is 155 Å². The molecule has 3 fully saturated rings. The molecule has 0 aromatic carbocycles. The standard InChI is InChI=1S/C20H29N3O3/c1-2-26-18-8-7-15(9-21-18)10-22-11-16-12-23(17-5-3-4-6-17)14-20(16,13-22)19(24)25/h7-9,16-17H,2-6,10-14H2,1H3,(H,24,25)/t16-,20-/m1/s1. The van der Waals surface area contributed by atoms with Gasteiger partial charge in [-0.05, 0) is 25.3 Å². The Bertz CT molecular complexity index is 644. The number of aliphatic carboxylic acids is 1. The lowest BCUT2D eigenvalue weighted by molar-refractivity contribution is -0.149. The Morgan fingerprint density at radius 1 is 1.31 bits per heavy atom. The van der Waals surface area contributed by atoms with Gasteiger partial charge in [-0.25, -0.2) is 4.98 Å². The van der Waals surface area contributed by atoms with Gasteiger partial charge in [0.25, 0.3) is 0 Å². The number of carbonyl (C=O) groups is 1. The molecule has 1 aliphatic carbocycles. The lowest BCUT2D eigenvalue weighted by Gasteiger charge is -2.28. The van der Waals surface area contributed by atoms with E-state index in [0.717, 1.165) is 31.7 Å². The molecule has 1 aromatic heterocycles. The maximum Gasteiger partial charge on any atom is 0.312 e. The molecule has 0 amide bonds. The summed E-state index contributed by atoms with van der Waals surface area (Å²) in [5.41, 5.74) is 0.517. The first-order valence-electron chi connectivity index (χ1n) is 9.88. The van der Waals surface area contributed by atoms with Crippen LogP contribution in [-0.4, -0.2) is 64.7 Å². The number of fused-ring (bicyclic) bond motifs is 1. The van der Waals surface area contributed by atoms with Gasteiger partial charge in [0, 0.05) is 56.9 Å². The summed E-state index contributed by atoms with van der Waals surface area (Å²) in [5, 5.41) is 10.0. The van der Waals surface area contributed by atoms with E-state index in [1.54, 1.807) is 0 Å². The quantitative estimate of drug-likeness (QED) is 0.840. The monoisotopic (exact) mass is 359 g/mol. The molecular formula is C20H29N3O3. The summed E-state index contributed by atoms with van der Waals surface area (Å²) in [4.78, 5) is 21.3. The fourth-order valence-electron chi connectivity index (χ4n) is 5.17. The van der Waals surface area contributed by atoms with Gasteiger partial charge in [0.1, 0.15) is 0 Å². The van der Waals surface area contributed by atoms with Gasteiger partial charge in [0.15, 0.2) is 0 Å². The number of carboxylic acids is 1. The second-order valence-corrected chi connectivity index (χ2v) is 8.13. The zero-order chi connectivity index (χ0) is 18.1. The number of pyridine rings is 1. The highest BCUT2D eigenvalue weighted by Crippen LogP contribution is 2.45. The molecular weight excluding hydrogens is 330 g/mol. The normalized spacial score (nSPS) is 30.0. The van der Waals surface area contributed by atoms with Crippen LogP contribution in [0.5, 0.6) is 5.88 Å². The van der Waals surface area contributed by atoms with E-state index in [1.165, 1.54) is 25.7 Å². The summed E-state index contributed by atoms with van der Waals surface area (Å²) in [6, 6.07) is 4.54. The first-order chi connectivity index (χ1) is 12.6. The van der Waals surface area contributed by atoms with Crippen LogP contribution in [-0.2, 0) is 11.3 Å². The topological polar surface area (TPSA) is 65.9 Å². The summed E-state index contributed by atoms with van der Waals surface area (Å²) in [5.74, 6) is 0.260. The molecule has 6 heteroatoms. The number of nitrogens with zero attached hydrogens (tertiary/aromatic N) is 3. The minimum atomic E-state index is -0.615. The summed E-state index contributed by atoms with van der Waals surface area (Å²) in [6.45, 7) is 6.47. The second-order valence-electron chi connectivity index (χ2n) is 8.13. The highest BCUT2D eigenvalue weighted by molar-refractivity contribution is 5.77. The number of hydrogen-bond acceptors (Lipinski definition) is 5. The van der Waals surface area contributed by atoms with Crippen LogP contribution in [0.25, 0.3) is 0 Å². The van der Waals surface area contributed by atoms with Crippen molar-refractivity contribution in [2.75, 3.05) is 32.8 Å². The highest BCUT2D eigenvalue weighted by Gasteiger charge is 2.58. The minimum Gasteiger partial charge on any atom is -0.481 e. The number of carboxylic acid groups (broad SMARTS) is 1. The van der Waals surface area contributed by atoms with Crippen LogP contribution in [0.15, 0.2) is 18.3 Å². The van der Waals surface area contributed by atoms with Crippen molar-refractivity contribution in [2.24, 2.45) is 11.3 Å². The Kier molecular flexibility index (Phi) is 4.88. The van der Waals surface area contributed by atoms with Crippen LogP contribution < -0.4 is 4.74 Å². The van der Waals surface area contributed by atoms with E-state index in [4.69, 9.17) is 4.74 Å². The lowest BCUT2D eigenvalue weighted by atomic mass is 9.81. The van der Waals surface area contributed by atoms with Gasteiger partial charge in [-0.2, -0.15) is 0 Å². The van der Waals surface area contributed by atoms with E-state index in [9.17, 15) is 9.90 Å². The molecule has 0 unspecified atom stereocenters. The van der Waals surface area contributed by atoms with Gasteiger partial charge in [0.05, 0.1) is 12.0 Å².